The number of β-amino-alcohol motifs (C(OH)–C–C–N with tert-alkyl or cyclic N) is 1. The lowest BCUT2D eigenvalue weighted by Gasteiger charge is -2.38. The summed E-state index contributed by atoms with van der Waals surface area (Å²) in [7, 11) is 2.13. The summed E-state index contributed by atoms with van der Waals surface area (Å²) in [6.07, 6.45) is 3.81. The quantitative estimate of drug-likeness (QED) is 0.478. The van der Waals surface area contributed by atoms with Gasteiger partial charge in [0, 0.05) is 48.2 Å². The lowest BCUT2D eigenvalue weighted by atomic mass is 9.94. The highest BCUT2D eigenvalue weighted by Gasteiger charge is 2.32. The molecule has 0 radical (unpaired) electrons. The Kier molecular flexibility index (Phi) is 7.12. The van der Waals surface area contributed by atoms with E-state index in [1.165, 1.54) is 6.42 Å². The largest absolute Gasteiger partial charge is 0.462 e. The maximum atomic E-state index is 11.4. The van der Waals surface area contributed by atoms with Crippen molar-refractivity contribution in [3.8, 4) is 6.01 Å². The highest BCUT2D eigenvalue weighted by molar-refractivity contribution is 6.36. The number of aromatic nitrogens is 2. The van der Waals surface area contributed by atoms with Gasteiger partial charge in [-0.25, -0.2) is 0 Å². The number of aliphatic hydroxyl groups is 1. The number of ether oxygens (including phenoxy) is 1. The molecule has 2 saturated heterocycles. The van der Waals surface area contributed by atoms with Gasteiger partial charge in [0.15, 0.2) is 0 Å². The van der Waals surface area contributed by atoms with Crippen LogP contribution in [-0.2, 0) is 17.8 Å². The molecule has 0 bridgehead atoms. The Morgan fingerprint density at radius 2 is 1.95 bits per heavy atom. The van der Waals surface area contributed by atoms with Gasteiger partial charge in [-0.15, -0.1) is 0 Å². The fourth-order valence-electron chi connectivity index (χ4n) is 6.12. The van der Waals surface area contributed by atoms with E-state index in [0.29, 0.717) is 44.7 Å². The lowest BCUT2D eigenvalue weighted by molar-refractivity contribution is -0.114. The molecule has 3 atom stereocenters. The molecule has 1 aromatic heterocycles. The molecule has 0 amide bonds. The van der Waals surface area contributed by atoms with Gasteiger partial charge in [0.2, 0.25) is 0 Å². The molecule has 0 unspecified atom stereocenters. The zero-order chi connectivity index (χ0) is 26.2. The number of nitrogens with zero attached hydrogens (tertiary/aromatic N) is 5. The Morgan fingerprint density at radius 1 is 1.11 bits per heavy atom. The van der Waals surface area contributed by atoms with E-state index in [-0.39, 0.29) is 5.92 Å². The number of aliphatic hydroxyl groups excluding tert-OH is 1. The van der Waals surface area contributed by atoms with E-state index in [0.717, 1.165) is 70.8 Å². The first-order chi connectivity index (χ1) is 18.5. The van der Waals surface area contributed by atoms with Crippen molar-refractivity contribution in [1.82, 2.24) is 14.9 Å². The van der Waals surface area contributed by atoms with Crippen LogP contribution in [0, 0.1) is 5.92 Å². The van der Waals surface area contributed by atoms with Crippen molar-refractivity contribution >= 4 is 40.2 Å². The van der Waals surface area contributed by atoms with Crippen molar-refractivity contribution in [1.29, 1.82) is 0 Å². The minimum atomic E-state index is -0.707. The van der Waals surface area contributed by atoms with Crippen LogP contribution in [0.5, 0.6) is 6.01 Å². The van der Waals surface area contributed by atoms with Crippen molar-refractivity contribution in [3.05, 3.63) is 52.7 Å². The summed E-state index contributed by atoms with van der Waals surface area (Å²) in [5, 5.41) is 13.5. The second-order valence-corrected chi connectivity index (χ2v) is 11.1. The summed E-state index contributed by atoms with van der Waals surface area (Å²) >= 11 is 6.65. The molecule has 3 aliphatic rings. The van der Waals surface area contributed by atoms with E-state index in [4.69, 9.17) is 26.3 Å². The monoisotopic (exact) mass is 535 g/mol. The number of likely N-dealkylation sites (N-methyl/N-ethyl adjacent to an activating group) is 1. The van der Waals surface area contributed by atoms with Crippen LogP contribution in [-0.4, -0.2) is 78.2 Å². The van der Waals surface area contributed by atoms with Gasteiger partial charge in [0.25, 0.3) is 0 Å². The van der Waals surface area contributed by atoms with Crippen LogP contribution in [0.4, 0.5) is 11.5 Å². The highest BCUT2D eigenvalue weighted by Crippen LogP contribution is 2.37. The number of anilines is 2. The number of aldehydes is 1. The zero-order valence-corrected chi connectivity index (χ0v) is 22.5. The SMILES string of the molecule is CN1CCC[C@H]1COc1nc2c(c(N3CC[C@@H](C=O)[C@@H](O)C3)n1)CCN(c1cccc3cccc(Cl)c13)C2. The van der Waals surface area contributed by atoms with Crippen LogP contribution >= 0.6 is 11.6 Å². The number of fused-ring (bicyclic) bond motifs is 2. The van der Waals surface area contributed by atoms with Crippen molar-refractivity contribution < 1.29 is 14.6 Å². The fourth-order valence-corrected chi connectivity index (χ4v) is 6.40. The van der Waals surface area contributed by atoms with Crippen molar-refractivity contribution in [2.45, 2.75) is 44.4 Å². The third-order valence-corrected chi connectivity index (χ3v) is 8.69. The van der Waals surface area contributed by atoms with Crippen LogP contribution in [0.3, 0.4) is 0 Å². The summed E-state index contributed by atoms with van der Waals surface area (Å²) < 4.78 is 6.21. The van der Waals surface area contributed by atoms with E-state index < -0.39 is 6.10 Å². The Bertz CT molecular complexity index is 1330. The minimum Gasteiger partial charge on any atom is -0.462 e. The Labute approximate surface area is 228 Å². The van der Waals surface area contributed by atoms with E-state index in [9.17, 15) is 9.90 Å². The van der Waals surface area contributed by atoms with Crippen LogP contribution in [0.15, 0.2) is 36.4 Å². The second-order valence-electron chi connectivity index (χ2n) is 10.7. The number of benzene rings is 2. The summed E-state index contributed by atoms with van der Waals surface area (Å²) in [6, 6.07) is 13.0. The molecule has 0 saturated carbocycles. The maximum Gasteiger partial charge on any atom is 0.318 e. The standard InChI is InChI=1S/C29H34ClN5O3/c1-33-12-4-7-21(33)18-38-29-31-24-15-34(25-9-3-6-19-5-2-8-23(30)27(19)25)14-11-22(24)28(32-29)35-13-10-20(17-36)26(37)16-35/h2-3,5-6,8-9,17,20-21,26,37H,4,7,10-16,18H2,1H3/t20-,21-,26-/m0/s1. The number of hydrogen-bond donors (Lipinski definition) is 1. The van der Waals surface area contributed by atoms with Gasteiger partial charge >= 0.3 is 6.01 Å². The van der Waals surface area contributed by atoms with Gasteiger partial charge in [-0.2, -0.15) is 9.97 Å². The van der Waals surface area contributed by atoms with Crippen LogP contribution < -0.4 is 14.5 Å². The molecule has 1 N–H and O–H groups in total. The molecule has 4 heterocycles. The van der Waals surface area contributed by atoms with Crippen molar-refractivity contribution in [2.24, 2.45) is 5.92 Å². The number of likely N-dealkylation sites (tertiary alicyclic amines) is 1. The van der Waals surface area contributed by atoms with E-state index >= 15 is 0 Å². The van der Waals surface area contributed by atoms with Crippen molar-refractivity contribution in [2.75, 3.05) is 49.6 Å². The predicted octanol–water partition coefficient (Wildman–Crippen LogP) is 3.71. The minimum absolute atomic E-state index is 0.330. The summed E-state index contributed by atoms with van der Waals surface area (Å²) in [4.78, 5) is 27.9. The molecule has 2 aromatic carbocycles. The second kappa shape index (κ2) is 10.7. The molecule has 8 nitrogen and oxygen atoms in total. The summed E-state index contributed by atoms with van der Waals surface area (Å²) in [6.45, 7) is 4.08. The Balaban J connectivity index is 1.34. The molecule has 0 aliphatic carbocycles. The third-order valence-electron chi connectivity index (χ3n) is 8.38. The first kappa shape index (κ1) is 25.3. The molecular formula is C29H34ClN5O3. The number of rotatable bonds is 6. The van der Waals surface area contributed by atoms with Crippen LogP contribution in [0.1, 0.15) is 30.5 Å². The van der Waals surface area contributed by atoms with Crippen LogP contribution in [0.2, 0.25) is 5.02 Å². The normalized spacial score (nSPS) is 24.0. The molecule has 3 aromatic rings. The maximum absolute atomic E-state index is 11.4. The van der Waals surface area contributed by atoms with Gasteiger partial charge in [-0.1, -0.05) is 35.9 Å². The van der Waals surface area contributed by atoms with Gasteiger partial charge in [-0.05, 0) is 56.8 Å². The van der Waals surface area contributed by atoms with Gasteiger partial charge in [-0.3, -0.25) is 0 Å². The molecule has 6 rings (SSSR count). The fraction of sp³-hybridized carbons (Fsp3) is 0.483. The van der Waals surface area contributed by atoms with Gasteiger partial charge in [0.05, 0.1) is 23.4 Å². The molecule has 0 spiro atoms. The summed E-state index contributed by atoms with van der Waals surface area (Å²) in [5.74, 6) is 0.493. The van der Waals surface area contributed by atoms with E-state index in [1.54, 1.807) is 0 Å². The van der Waals surface area contributed by atoms with E-state index in [1.807, 2.05) is 12.1 Å². The number of hydrogen-bond acceptors (Lipinski definition) is 8. The predicted molar refractivity (Wildman–Crippen MR) is 149 cm³/mol. The molecule has 2 fully saturated rings. The molecule has 9 heteroatoms. The number of carbonyl (C=O) groups excluding carboxylic acids is 1. The topological polar surface area (TPSA) is 82.0 Å². The highest BCUT2D eigenvalue weighted by atomic mass is 35.5. The smallest absolute Gasteiger partial charge is 0.318 e. The zero-order valence-electron chi connectivity index (χ0n) is 21.7. The number of carbonyl (C=O) groups is 1. The third kappa shape index (κ3) is 4.81. The van der Waals surface area contributed by atoms with E-state index in [2.05, 4.69) is 46.0 Å². The average molecular weight is 536 g/mol. The Morgan fingerprint density at radius 3 is 2.71 bits per heavy atom. The molecule has 38 heavy (non-hydrogen) atoms. The first-order valence-corrected chi connectivity index (χ1v) is 13.9. The summed E-state index contributed by atoms with van der Waals surface area (Å²) in [5.41, 5.74) is 3.12. The number of piperidine rings is 1. The Hall–Kier alpha value is -2.94. The van der Waals surface area contributed by atoms with Gasteiger partial charge < -0.3 is 29.3 Å². The molecule has 200 valence electrons. The van der Waals surface area contributed by atoms with Crippen LogP contribution in [0.25, 0.3) is 10.8 Å². The number of halogens is 1. The van der Waals surface area contributed by atoms with Crippen molar-refractivity contribution in [3.63, 3.8) is 0 Å². The molecular weight excluding hydrogens is 502 g/mol. The lowest BCUT2D eigenvalue weighted by Crippen LogP contribution is -2.45. The first-order valence-electron chi connectivity index (χ1n) is 13.5. The average Bonchev–Trinajstić information content (AvgIpc) is 3.35. The van der Waals surface area contributed by atoms with Gasteiger partial charge in [0.1, 0.15) is 18.7 Å². The molecule has 3 aliphatic heterocycles.